The lowest BCUT2D eigenvalue weighted by Crippen LogP contribution is -2.30. The lowest BCUT2D eigenvalue weighted by atomic mass is 10.0. The Morgan fingerprint density at radius 1 is 0.318 bits per heavy atom. The fraction of sp³-hybridized carbons (Fsp3) is 0.717. The van der Waals surface area contributed by atoms with Crippen LogP contribution in [-0.4, -0.2) is 37.2 Å². The molecule has 0 aromatic rings. The Morgan fingerprint density at radius 2 is 0.591 bits per heavy atom. The van der Waals surface area contributed by atoms with E-state index >= 15 is 0 Å². The summed E-state index contributed by atoms with van der Waals surface area (Å²) in [5.74, 6) is -0.917. The van der Waals surface area contributed by atoms with E-state index in [2.05, 4.69) is 106 Å². The molecule has 0 aliphatic rings. The van der Waals surface area contributed by atoms with Crippen LogP contribution in [0.2, 0.25) is 0 Å². The molecule has 0 aromatic heterocycles. The first kappa shape index (κ1) is 62.6. The van der Waals surface area contributed by atoms with E-state index in [0.29, 0.717) is 19.3 Å². The molecule has 0 heterocycles. The molecule has 0 rings (SSSR count). The second-order valence-corrected chi connectivity index (χ2v) is 18.1. The van der Waals surface area contributed by atoms with E-state index in [1.807, 2.05) is 0 Å². The van der Waals surface area contributed by atoms with E-state index in [9.17, 15) is 14.4 Å². The zero-order valence-electron chi connectivity index (χ0n) is 43.2. The Balaban J connectivity index is 4.33. The molecule has 0 spiro atoms. The molecule has 0 aliphatic heterocycles. The van der Waals surface area contributed by atoms with E-state index in [4.69, 9.17) is 14.2 Å². The lowest BCUT2D eigenvalue weighted by molar-refractivity contribution is -0.167. The largest absolute Gasteiger partial charge is 0.462 e. The summed E-state index contributed by atoms with van der Waals surface area (Å²) in [4.78, 5) is 37.9. The molecule has 1 atom stereocenters. The van der Waals surface area contributed by atoms with Gasteiger partial charge in [-0.05, 0) is 77.0 Å². The number of carbonyl (C=O) groups excluding carboxylic acids is 3. The molecule has 0 bridgehead atoms. The minimum Gasteiger partial charge on any atom is -0.462 e. The summed E-state index contributed by atoms with van der Waals surface area (Å²) >= 11 is 0. The second kappa shape index (κ2) is 54.2. The van der Waals surface area contributed by atoms with Gasteiger partial charge in [0.15, 0.2) is 6.10 Å². The van der Waals surface area contributed by atoms with Gasteiger partial charge >= 0.3 is 17.9 Å². The van der Waals surface area contributed by atoms with E-state index in [1.54, 1.807) is 0 Å². The average Bonchev–Trinajstić information content (AvgIpc) is 3.31. The Kier molecular flexibility index (Phi) is 51.4. The van der Waals surface area contributed by atoms with Crippen LogP contribution in [0.3, 0.4) is 0 Å². The van der Waals surface area contributed by atoms with Crippen LogP contribution in [0.5, 0.6) is 0 Å². The second-order valence-electron chi connectivity index (χ2n) is 18.1. The highest BCUT2D eigenvalue weighted by molar-refractivity contribution is 5.71. The third-order valence-corrected chi connectivity index (χ3v) is 11.7. The van der Waals surface area contributed by atoms with Gasteiger partial charge in [0, 0.05) is 19.3 Å². The monoisotopic (exact) mass is 919 g/mol. The summed E-state index contributed by atoms with van der Waals surface area (Å²) in [5.41, 5.74) is 0. The van der Waals surface area contributed by atoms with Crippen molar-refractivity contribution >= 4 is 17.9 Å². The molecule has 0 aliphatic carbocycles. The normalized spacial score (nSPS) is 12.7. The van der Waals surface area contributed by atoms with Gasteiger partial charge in [0.2, 0.25) is 0 Å². The van der Waals surface area contributed by atoms with E-state index in [-0.39, 0.29) is 31.1 Å². The van der Waals surface area contributed by atoms with Crippen LogP contribution in [0.25, 0.3) is 0 Å². The average molecular weight is 919 g/mol. The molecule has 6 heteroatoms. The molecular formula is C60H102O6. The Hall–Kier alpha value is -3.41. The van der Waals surface area contributed by atoms with Crippen LogP contribution in [0.1, 0.15) is 258 Å². The summed E-state index contributed by atoms with van der Waals surface area (Å²) in [6.45, 7) is 6.48. The van der Waals surface area contributed by atoms with Gasteiger partial charge in [-0.25, -0.2) is 0 Å². The summed E-state index contributed by atoms with van der Waals surface area (Å²) < 4.78 is 16.8. The number of carbonyl (C=O) groups is 3. The zero-order valence-corrected chi connectivity index (χ0v) is 43.2. The number of esters is 3. The van der Waals surface area contributed by atoms with Crippen molar-refractivity contribution in [3.63, 3.8) is 0 Å². The number of allylic oxidation sites excluding steroid dienone is 14. The van der Waals surface area contributed by atoms with Crippen molar-refractivity contribution < 1.29 is 28.6 Å². The smallest absolute Gasteiger partial charge is 0.306 e. The summed E-state index contributed by atoms with van der Waals surface area (Å²) in [6, 6.07) is 0. The van der Waals surface area contributed by atoms with E-state index in [0.717, 1.165) is 109 Å². The number of hydrogen-bond acceptors (Lipinski definition) is 6. The molecule has 0 saturated heterocycles. The van der Waals surface area contributed by atoms with Gasteiger partial charge in [-0.3, -0.25) is 14.4 Å². The molecule has 0 amide bonds. The molecule has 1 unspecified atom stereocenters. The van der Waals surface area contributed by atoms with Gasteiger partial charge in [-0.1, -0.05) is 247 Å². The molecule has 378 valence electrons. The van der Waals surface area contributed by atoms with Gasteiger partial charge in [0.1, 0.15) is 13.2 Å². The van der Waals surface area contributed by atoms with E-state index < -0.39 is 6.10 Å². The predicted molar refractivity (Wildman–Crippen MR) is 284 cm³/mol. The van der Waals surface area contributed by atoms with Gasteiger partial charge in [-0.15, -0.1) is 0 Å². The molecule has 0 saturated carbocycles. The molecule has 0 N–H and O–H groups in total. The van der Waals surface area contributed by atoms with E-state index in [1.165, 1.54) is 109 Å². The van der Waals surface area contributed by atoms with Crippen LogP contribution in [-0.2, 0) is 28.6 Å². The number of hydrogen-bond donors (Lipinski definition) is 0. The van der Waals surface area contributed by atoms with Crippen LogP contribution in [0, 0.1) is 0 Å². The quantitative estimate of drug-likeness (QED) is 0.0262. The summed E-state index contributed by atoms with van der Waals surface area (Å²) in [5, 5.41) is 0. The molecule has 0 fully saturated rings. The Bertz CT molecular complexity index is 1290. The minimum atomic E-state index is -0.786. The highest BCUT2D eigenvalue weighted by Gasteiger charge is 2.19. The topological polar surface area (TPSA) is 78.9 Å². The molecule has 66 heavy (non-hydrogen) atoms. The minimum absolute atomic E-state index is 0.0844. The summed E-state index contributed by atoms with van der Waals surface area (Å²) in [6.07, 6.45) is 70.1. The van der Waals surface area contributed by atoms with Crippen LogP contribution in [0.15, 0.2) is 85.1 Å². The van der Waals surface area contributed by atoms with Gasteiger partial charge in [0.05, 0.1) is 0 Å². The number of unbranched alkanes of at least 4 members (excludes halogenated alkanes) is 24. The Morgan fingerprint density at radius 3 is 0.924 bits per heavy atom. The highest BCUT2D eigenvalue weighted by Crippen LogP contribution is 2.15. The van der Waals surface area contributed by atoms with Crippen molar-refractivity contribution in [3.8, 4) is 0 Å². The van der Waals surface area contributed by atoms with Crippen molar-refractivity contribution in [2.45, 2.75) is 264 Å². The van der Waals surface area contributed by atoms with Gasteiger partial charge in [0.25, 0.3) is 0 Å². The first-order valence-electron chi connectivity index (χ1n) is 27.6. The molecular weight excluding hydrogens is 817 g/mol. The van der Waals surface area contributed by atoms with Crippen molar-refractivity contribution in [2.75, 3.05) is 13.2 Å². The van der Waals surface area contributed by atoms with Crippen LogP contribution in [0.4, 0.5) is 0 Å². The maximum atomic E-state index is 12.8. The van der Waals surface area contributed by atoms with Gasteiger partial charge in [-0.2, -0.15) is 0 Å². The van der Waals surface area contributed by atoms with Crippen molar-refractivity contribution in [1.29, 1.82) is 0 Å². The maximum Gasteiger partial charge on any atom is 0.306 e. The summed E-state index contributed by atoms with van der Waals surface area (Å²) in [7, 11) is 0. The highest BCUT2D eigenvalue weighted by atomic mass is 16.6. The van der Waals surface area contributed by atoms with Crippen LogP contribution < -0.4 is 0 Å². The lowest BCUT2D eigenvalue weighted by Gasteiger charge is -2.18. The van der Waals surface area contributed by atoms with Crippen molar-refractivity contribution in [1.82, 2.24) is 0 Å². The molecule has 0 radical (unpaired) electrons. The van der Waals surface area contributed by atoms with Crippen molar-refractivity contribution in [3.05, 3.63) is 85.1 Å². The first-order valence-corrected chi connectivity index (χ1v) is 27.6. The third kappa shape index (κ3) is 51.6. The molecule has 0 aromatic carbocycles. The third-order valence-electron chi connectivity index (χ3n) is 11.7. The maximum absolute atomic E-state index is 12.8. The zero-order chi connectivity index (χ0) is 47.9. The fourth-order valence-corrected chi connectivity index (χ4v) is 7.54. The first-order chi connectivity index (χ1) is 32.5. The SMILES string of the molecule is CC/C=C\C/C=C\C/C=C\C/C=C\C/C=C\C/C=C\C/C=C\CCCCCC(=O)OCC(COC(=O)CCCCCCCCCCC)OC(=O)CCCCCCCCCCCCCCCC. The number of ether oxygens (including phenoxy) is 3. The number of rotatable bonds is 49. The van der Waals surface area contributed by atoms with Crippen molar-refractivity contribution in [2.24, 2.45) is 0 Å². The van der Waals surface area contributed by atoms with Gasteiger partial charge < -0.3 is 14.2 Å². The van der Waals surface area contributed by atoms with Crippen LogP contribution >= 0.6 is 0 Å². The predicted octanol–water partition coefficient (Wildman–Crippen LogP) is 18.4. The molecule has 6 nitrogen and oxygen atoms in total. The Labute approximate surface area is 407 Å². The fourth-order valence-electron chi connectivity index (χ4n) is 7.54. The standard InChI is InChI=1S/C60H102O6/c1-4-7-10-13-16-19-21-23-25-26-27-28-29-30-31-32-33-34-35-37-38-41-44-47-50-53-59(62)65-56-57(55-64-58(61)52-49-46-43-40-18-15-12-9-6-3)66-60(63)54-51-48-45-42-39-36-24-22-20-17-14-11-8-5-2/h7,10,16,19,23,25,27-28,30-31,33-34,37-38,57H,4-6,8-9,11-15,17-18,20-22,24,26,29,32,35-36,39-56H2,1-3H3/b10-7-,19-16-,25-23-,28-27-,31-30-,34-33-,38-37-.